The second kappa shape index (κ2) is 5.12. The molecule has 15 heavy (non-hydrogen) atoms. The molecule has 0 radical (unpaired) electrons. The van der Waals surface area contributed by atoms with Crippen molar-refractivity contribution < 1.29 is 0 Å². The van der Waals surface area contributed by atoms with Crippen LogP contribution >= 0.6 is 22.6 Å². The summed E-state index contributed by atoms with van der Waals surface area (Å²) in [6.45, 7) is 0. The Balaban J connectivity index is 2.29. The van der Waals surface area contributed by atoms with Gasteiger partial charge in [-0.3, -0.25) is 0 Å². The van der Waals surface area contributed by atoms with E-state index in [0.29, 0.717) is 0 Å². The Bertz CT molecular complexity index is 443. The number of hydrogen-bond donors (Lipinski definition) is 0. The van der Waals surface area contributed by atoms with Gasteiger partial charge >= 0.3 is 0 Å². The molecular formula is C14H11I. The number of benzene rings is 2. The highest BCUT2D eigenvalue weighted by atomic mass is 127. The first kappa shape index (κ1) is 10.4. The minimum Gasteiger partial charge on any atom is -0.0622 e. The van der Waals surface area contributed by atoms with Gasteiger partial charge in [0.15, 0.2) is 0 Å². The third kappa shape index (κ3) is 2.93. The lowest BCUT2D eigenvalue weighted by molar-refractivity contribution is 1.64. The average molecular weight is 306 g/mol. The fourth-order valence-corrected chi connectivity index (χ4v) is 2.10. The molecule has 0 heterocycles. The molecule has 0 unspecified atom stereocenters. The van der Waals surface area contributed by atoms with Crippen LogP contribution in [0, 0.1) is 0 Å². The van der Waals surface area contributed by atoms with Gasteiger partial charge in [-0.15, -0.1) is 0 Å². The van der Waals surface area contributed by atoms with Crippen LogP contribution in [0.15, 0.2) is 60.7 Å². The van der Waals surface area contributed by atoms with Gasteiger partial charge in [-0.25, -0.2) is 0 Å². The highest BCUT2D eigenvalue weighted by Gasteiger charge is 1.95. The van der Waals surface area contributed by atoms with Crippen molar-refractivity contribution in [2.75, 3.05) is 0 Å². The zero-order valence-electron chi connectivity index (χ0n) is 8.23. The summed E-state index contributed by atoms with van der Waals surface area (Å²) >= 11 is 2.37. The van der Waals surface area contributed by atoms with Crippen LogP contribution in [0.4, 0.5) is 0 Å². The van der Waals surface area contributed by atoms with Crippen LogP contribution in [-0.4, -0.2) is 0 Å². The van der Waals surface area contributed by atoms with E-state index < -0.39 is 0 Å². The largest absolute Gasteiger partial charge is 0.0622 e. The third-order valence-electron chi connectivity index (χ3n) is 2.14. The Kier molecular flexibility index (Phi) is 3.56. The summed E-state index contributed by atoms with van der Waals surface area (Å²) in [6, 6.07) is 20.8. The molecule has 0 aliphatic rings. The summed E-state index contributed by atoms with van der Waals surface area (Å²) < 4.78 is 1.26. The maximum absolute atomic E-state index is 2.37. The maximum Gasteiger partial charge on any atom is 0.0208 e. The first-order valence-corrected chi connectivity index (χ1v) is 5.92. The van der Waals surface area contributed by atoms with Crippen molar-refractivity contribution in [2.45, 2.75) is 0 Å². The Morgan fingerprint density at radius 3 is 1.93 bits per heavy atom. The molecule has 0 nitrogen and oxygen atoms in total. The smallest absolute Gasteiger partial charge is 0.0208 e. The molecule has 2 aromatic rings. The normalized spacial score (nSPS) is 11.4. The third-order valence-corrected chi connectivity index (χ3v) is 3.08. The first-order chi connectivity index (χ1) is 7.36. The van der Waals surface area contributed by atoms with E-state index in [1.165, 1.54) is 14.7 Å². The van der Waals surface area contributed by atoms with E-state index in [9.17, 15) is 0 Å². The molecule has 0 fully saturated rings. The van der Waals surface area contributed by atoms with Crippen molar-refractivity contribution in [1.82, 2.24) is 0 Å². The number of halogens is 1. The molecule has 0 amide bonds. The van der Waals surface area contributed by atoms with E-state index in [-0.39, 0.29) is 0 Å². The van der Waals surface area contributed by atoms with Crippen molar-refractivity contribution in [3.8, 4) is 0 Å². The van der Waals surface area contributed by atoms with E-state index in [2.05, 4.69) is 77.2 Å². The predicted molar refractivity (Wildman–Crippen MR) is 74.8 cm³/mol. The SMILES string of the molecule is IC(=Cc1ccccc1)c1ccccc1. The average Bonchev–Trinajstić information content (AvgIpc) is 2.31. The summed E-state index contributed by atoms with van der Waals surface area (Å²) in [7, 11) is 0. The van der Waals surface area contributed by atoms with Crippen LogP contribution in [0.5, 0.6) is 0 Å². The van der Waals surface area contributed by atoms with E-state index in [1.807, 2.05) is 12.1 Å². The molecule has 0 saturated heterocycles. The molecular weight excluding hydrogens is 295 g/mol. The molecule has 0 N–H and O–H groups in total. The lowest BCUT2D eigenvalue weighted by Crippen LogP contribution is -1.75. The summed E-state index contributed by atoms with van der Waals surface area (Å²) in [5.41, 5.74) is 2.51. The van der Waals surface area contributed by atoms with Crippen LogP contribution in [0.3, 0.4) is 0 Å². The summed E-state index contributed by atoms with van der Waals surface area (Å²) in [6.07, 6.45) is 2.19. The van der Waals surface area contributed by atoms with Gasteiger partial charge in [-0.05, 0) is 39.8 Å². The number of hydrogen-bond acceptors (Lipinski definition) is 0. The quantitative estimate of drug-likeness (QED) is 0.561. The molecule has 0 atom stereocenters. The van der Waals surface area contributed by atoms with E-state index in [4.69, 9.17) is 0 Å². The molecule has 2 rings (SSSR count). The summed E-state index contributed by atoms with van der Waals surface area (Å²) in [5.74, 6) is 0. The van der Waals surface area contributed by atoms with Crippen LogP contribution in [0.2, 0.25) is 0 Å². The molecule has 74 valence electrons. The van der Waals surface area contributed by atoms with E-state index >= 15 is 0 Å². The van der Waals surface area contributed by atoms with Crippen LogP contribution in [-0.2, 0) is 0 Å². The minimum atomic E-state index is 1.24. The maximum atomic E-state index is 2.37. The fraction of sp³-hybridized carbons (Fsp3) is 0. The van der Waals surface area contributed by atoms with Crippen molar-refractivity contribution in [3.63, 3.8) is 0 Å². The lowest BCUT2D eigenvalue weighted by atomic mass is 10.1. The van der Waals surface area contributed by atoms with Crippen molar-refractivity contribution in [2.24, 2.45) is 0 Å². The Morgan fingerprint density at radius 2 is 1.33 bits per heavy atom. The Hall–Kier alpha value is -1.09. The summed E-state index contributed by atoms with van der Waals surface area (Å²) in [5, 5.41) is 0. The minimum absolute atomic E-state index is 1.24. The van der Waals surface area contributed by atoms with Crippen LogP contribution in [0.1, 0.15) is 11.1 Å². The highest BCUT2D eigenvalue weighted by Crippen LogP contribution is 2.24. The highest BCUT2D eigenvalue weighted by molar-refractivity contribution is 14.1. The van der Waals surface area contributed by atoms with E-state index in [0.717, 1.165) is 0 Å². The molecule has 0 bridgehead atoms. The van der Waals surface area contributed by atoms with Gasteiger partial charge < -0.3 is 0 Å². The Labute approximate surface area is 104 Å². The standard InChI is InChI=1S/C14H11I/c15-14(13-9-5-2-6-10-13)11-12-7-3-1-4-8-12/h1-11H. The summed E-state index contributed by atoms with van der Waals surface area (Å²) in [4.78, 5) is 0. The second-order valence-corrected chi connectivity index (χ2v) is 4.43. The zero-order chi connectivity index (χ0) is 10.5. The second-order valence-electron chi connectivity index (χ2n) is 3.27. The molecule has 0 saturated carbocycles. The van der Waals surface area contributed by atoms with Crippen molar-refractivity contribution in [1.29, 1.82) is 0 Å². The number of rotatable bonds is 2. The van der Waals surface area contributed by atoms with Crippen LogP contribution < -0.4 is 0 Å². The molecule has 0 aliphatic carbocycles. The Morgan fingerprint density at radius 1 is 0.800 bits per heavy atom. The fourth-order valence-electron chi connectivity index (χ4n) is 1.38. The van der Waals surface area contributed by atoms with Gasteiger partial charge in [0.2, 0.25) is 0 Å². The van der Waals surface area contributed by atoms with Gasteiger partial charge in [0.25, 0.3) is 0 Å². The van der Waals surface area contributed by atoms with Crippen molar-refractivity contribution >= 4 is 32.2 Å². The van der Waals surface area contributed by atoms with Gasteiger partial charge in [-0.2, -0.15) is 0 Å². The molecule has 0 aliphatic heterocycles. The van der Waals surface area contributed by atoms with Gasteiger partial charge in [-0.1, -0.05) is 60.7 Å². The topological polar surface area (TPSA) is 0 Å². The predicted octanol–water partition coefficient (Wildman–Crippen LogP) is 4.62. The van der Waals surface area contributed by atoms with Crippen LogP contribution in [0.25, 0.3) is 9.66 Å². The molecule has 0 spiro atoms. The van der Waals surface area contributed by atoms with Gasteiger partial charge in [0.1, 0.15) is 0 Å². The zero-order valence-corrected chi connectivity index (χ0v) is 10.4. The van der Waals surface area contributed by atoms with Gasteiger partial charge in [0.05, 0.1) is 0 Å². The first-order valence-electron chi connectivity index (χ1n) is 4.84. The lowest BCUT2D eigenvalue weighted by Gasteiger charge is -1.99. The molecule has 0 aromatic heterocycles. The van der Waals surface area contributed by atoms with Gasteiger partial charge in [0, 0.05) is 3.58 Å². The van der Waals surface area contributed by atoms with Crippen molar-refractivity contribution in [3.05, 3.63) is 71.8 Å². The van der Waals surface area contributed by atoms with E-state index in [1.54, 1.807) is 0 Å². The molecule has 2 aromatic carbocycles. The monoisotopic (exact) mass is 306 g/mol. The molecule has 1 heteroatoms.